The minimum Gasteiger partial charge on any atom is -0.541 e. The second-order valence-corrected chi connectivity index (χ2v) is 11.1. The molecule has 0 aliphatic carbocycles. The predicted molar refractivity (Wildman–Crippen MR) is 76.4 cm³/mol. The summed E-state index contributed by atoms with van der Waals surface area (Å²) in [4.78, 5) is 0. The zero-order valence-corrected chi connectivity index (χ0v) is 13.2. The van der Waals surface area contributed by atoms with Crippen molar-refractivity contribution in [3.05, 3.63) is 22.7 Å². The van der Waals surface area contributed by atoms with Crippen molar-refractivity contribution in [2.45, 2.75) is 38.9 Å². The predicted octanol–water partition coefficient (Wildman–Crippen LogP) is 4.42. The lowest BCUT2D eigenvalue weighted by molar-refractivity contribution is 0.492. The van der Waals surface area contributed by atoms with E-state index in [1.165, 1.54) is 0 Å². The highest BCUT2D eigenvalue weighted by atomic mass is 79.9. The Morgan fingerprint density at radius 3 is 2.25 bits per heavy atom. The van der Waals surface area contributed by atoms with Gasteiger partial charge in [-0.25, -0.2) is 0 Å². The molecule has 0 unspecified atom stereocenters. The van der Waals surface area contributed by atoms with Crippen molar-refractivity contribution >= 4 is 29.9 Å². The van der Waals surface area contributed by atoms with Crippen LogP contribution in [-0.2, 0) is 0 Å². The second kappa shape index (κ2) is 4.41. The van der Waals surface area contributed by atoms with Gasteiger partial charge in [-0.1, -0.05) is 26.8 Å². The summed E-state index contributed by atoms with van der Waals surface area (Å²) in [6.07, 6.45) is 0. The van der Waals surface area contributed by atoms with Crippen LogP contribution in [0.15, 0.2) is 22.7 Å². The average molecular weight is 302 g/mol. The maximum absolute atomic E-state index is 6.19. The fraction of sp³-hybridized carbons (Fsp3) is 0.500. The molecule has 0 amide bonds. The summed E-state index contributed by atoms with van der Waals surface area (Å²) >= 11 is 3.48. The highest BCUT2D eigenvalue weighted by molar-refractivity contribution is 9.10. The lowest BCUT2D eigenvalue weighted by atomic mass is 10.2. The molecule has 0 aliphatic heterocycles. The van der Waals surface area contributed by atoms with Crippen molar-refractivity contribution in [2.24, 2.45) is 0 Å². The Labute approximate surface area is 107 Å². The third-order valence-corrected chi connectivity index (χ3v) is 8.11. The van der Waals surface area contributed by atoms with Gasteiger partial charge in [-0.3, -0.25) is 0 Å². The van der Waals surface area contributed by atoms with Gasteiger partial charge in [0.05, 0.1) is 10.2 Å². The van der Waals surface area contributed by atoms with Crippen LogP contribution in [0.25, 0.3) is 0 Å². The highest BCUT2D eigenvalue weighted by Crippen LogP contribution is 2.41. The Kier molecular flexibility index (Phi) is 3.75. The van der Waals surface area contributed by atoms with Gasteiger partial charge in [0.25, 0.3) is 8.32 Å². The molecule has 4 heteroatoms. The van der Waals surface area contributed by atoms with E-state index in [4.69, 9.17) is 10.2 Å². The summed E-state index contributed by atoms with van der Waals surface area (Å²) in [5.74, 6) is 0.786. The van der Waals surface area contributed by atoms with Crippen LogP contribution in [0.4, 0.5) is 5.69 Å². The number of anilines is 1. The zero-order valence-electron chi connectivity index (χ0n) is 10.6. The van der Waals surface area contributed by atoms with Crippen molar-refractivity contribution in [1.82, 2.24) is 0 Å². The molecule has 0 saturated carbocycles. The zero-order chi connectivity index (χ0) is 12.6. The molecule has 16 heavy (non-hydrogen) atoms. The van der Waals surface area contributed by atoms with Gasteiger partial charge in [-0.05, 0) is 46.2 Å². The summed E-state index contributed by atoms with van der Waals surface area (Å²) in [6.45, 7) is 11.1. The van der Waals surface area contributed by atoms with Gasteiger partial charge in [-0.2, -0.15) is 0 Å². The Hall–Kier alpha value is -0.483. The number of rotatable bonds is 2. The molecule has 0 aliphatic rings. The van der Waals surface area contributed by atoms with Crippen LogP contribution in [0.1, 0.15) is 20.8 Å². The fourth-order valence-corrected chi connectivity index (χ4v) is 2.70. The summed E-state index contributed by atoms with van der Waals surface area (Å²) in [6, 6.07) is 5.74. The molecule has 0 bridgehead atoms. The van der Waals surface area contributed by atoms with Crippen LogP contribution < -0.4 is 10.2 Å². The van der Waals surface area contributed by atoms with Crippen molar-refractivity contribution in [2.75, 3.05) is 5.73 Å². The molecule has 1 rings (SSSR count). The van der Waals surface area contributed by atoms with E-state index in [0.29, 0.717) is 5.69 Å². The van der Waals surface area contributed by atoms with Crippen LogP contribution in [0.2, 0.25) is 18.1 Å². The van der Waals surface area contributed by atoms with Crippen molar-refractivity contribution in [1.29, 1.82) is 0 Å². The van der Waals surface area contributed by atoms with Gasteiger partial charge in [0.2, 0.25) is 0 Å². The van der Waals surface area contributed by atoms with Crippen molar-refractivity contribution in [3.63, 3.8) is 0 Å². The molecule has 2 N–H and O–H groups in total. The van der Waals surface area contributed by atoms with Gasteiger partial charge in [0, 0.05) is 0 Å². The maximum Gasteiger partial charge on any atom is 0.250 e. The summed E-state index contributed by atoms with van der Waals surface area (Å²) in [7, 11) is -1.82. The number of hydrogen-bond donors (Lipinski definition) is 1. The van der Waals surface area contributed by atoms with E-state index in [1.54, 1.807) is 0 Å². The fourth-order valence-electron chi connectivity index (χ4n) is 1.04. The van der Waals surface area contributed by atoms with Crippen LogP contribution in [-0.4, -0.2) is 8.32 Å². The Balaban J connectivity index is 3.06. The van der Waals surface area contributed by atoms with Gasteiger partial charge < -0.3 is 10.2 Å². The van der Waals surface area contributed by atoms with E-state index >= 15 is 0 Å². The minimum absolute atomic E-state index is 0.175. The highest BCUT2D eigenvalue weighted by Gasteiger charge is 2.39. The van der Waals surface area contributed by atoms with Crippen molar-refractivity contribution in [3.8, 4) is 5.75 Å². The monoisotopic (exact) mass is 301 g/mol. The Morgan fingerprint density at radius 1 is 1.25 bits per heavy atom. The summed E-state index contributed by atoms with van der Waals surface area (Å²) < 4.78 is 7.12. The first kappa shape index (κ1) is 13.6. The van der Waals surface area contributed by atoms with E-state index in [1.807, 2.05) is 18.2 Å². The number of nitrogens with two attached hydrogens (primary N) is 1. The molecule has 0 heterocycles. The first-order valence-electron chi connectivity index (χ1n) is 5.38. The number of hydrogen-bond acceptors (Lipinski definition) is 2. The lowest BCUT2D eigenvalue weighted by Gasteiger charge is -2.37. The van der Waals surface area contributed by atoms with Gasteiger partial charge >= 0.3 is 0 Å². The molecule has 0 atom stereocenters. The Bertz CT molecular complexity index is 365. The first-order chi connectivity index (χ1) is 7.15. The van der Waals surface area contributed by atoms with Crippen LogP contribution >= 0.6 is 15.9 Å². The maximum atomic E-state index is 6.19. The molecule has 2 nitrogen and oxygen atoms in total. The molecule has 0 radical (unpaired) electrons. The summed E-state index contributed by atoms with van der Waals surface area (Å²) in [5.41, 5.74) is 6.63. The lowest BCUT2D eigenvalue weighted by Crippen LogP contribution is -2.44. The largest absolute Gasteiger partial charge is 0.541 e. The standard InChI is InChI=1S/C12H20BrNOSi/c1-12(2,3)16(4,5)15-11-9(13)7-6-8-10(11)14/h6-8H,14H2,1-5H3. The van der Waals surface area contributed by atoms with Crippen LogP contribution in [0.5, 0.6) is 5.75 Å². The van der Waals surface area contributed by atoms with Gasteiger partial charge in [0.1, 0.15) is 5.75 Å². The van der Waals surface area contributed by atoms with Gasteiger partial charge in [0.15, 0.2) is 0 Å². The van der Waals surface area contributed by atoms with Gasteiger partial charge in [-0.15, -0.1) is 0 Å². The quantitative estimate of drug-likeness (QED) is 0.648. The van der Waals surface area contributed by atoms with Crippen LogP contribution in [0, 0.1) is 0 Å². The second-order valence-electron chi connectivity index (χ2n) is 5.52. The third kappa shape index (κ3) is 2.80. The smallest absolute Gasteiger partial charge is 0.250 e. The molecular formula is C12H20BrNOSi. The summed E-state index contributed by atoms with van der Waals surface area (Å²) in [5, 5.41) is 0.175. The van der Waals surface area contributed by atoms with E-state index in [-0.39, 0.29) is 5.04 Å². The Morgan fingerprint density at radius 2 is 1.81 bits per heavy atom. The normalized spacial score (nSPS) is 12.6. The number of benzene rings is 1. The molecule has 1 aromatic carbocycles. The molecule has 0 aromatic heterocycles. The van der Waals surface area contributed by atoms with E-state index < -0.39 is 8.32 Å². The third-order valence-electron chi connectivity index (χ3n) is 3.16. The SMILES string of the molecule is CC(C)(C)[Si](C)(C)Oc1c(N)cccc1Br. The molecule has 0 spiro atoms. The van der Waals surface area contributed by atoms with E-state index in [9.17, 15) is 0 Å². The number of para-hydroxylation sites is 1. The van der Waals surface area contributed by atoms with Crippen molar-refractivity contribution < 1.29 is 4.43 Å². The number of halogens is 1. The molecule has 0 fully saturated rings. The minimum atomic E-state index is -1.82. The number of nitrogen functional groups attached to an aromatic ring is 1. The van der Waals surface area contributed by atoms with Crippen LogP contribution in [0.3, 0.4) is 0 Å². The van der Waals surface area contributed by atoms with E-state index in [2.05, 4.69) is 49.8 Å². The first-order valence-corrected chi connectivity index (χ1v) is 9.08. The molecule has 0 saturated heterocycles. The van der Waals surface area contributed by atoms with E-state index in [0.717, 1.165) is 10.2 Å². The average Bonchev–Trinajstić information content (AvgIpc) is 2.10. The molecule has 1 aromatic rings. The molecule has 90 valence electrons. The molecular weight excluding hydrogens is 282 g/mol. The topological polar surface area (TPSA) is 35.2 Å².